The SMILES string of the molecule is NC(CC(=O)NC1C=CS(=O)(=O)C1)C1CC1. The first kappa shape index (κ1) is 11.6. The van der Waals surface area contributed by atoms with Gasteiger partial charge in [0.25, 0.3) is 0 Å². The van der Waals surface area contributed by atoms with Crippen LogP contribution in [0.2, 0.25) is 0 Å². The van der Waals surface area contributed by atoms with E-state index in [1.165, 1.54) is 6.08 Å². The molecule has 1 heterocycles. The predicted octanol–water partition coefficient (Wildman–Crippen LogP) is -0.459. The Labute approximate surface area is 95.0 Å². The molecule has 0 bridgehead atoms. The van der Waals surface area contributed by atoms with Crippen LogP contribution in [0.5, 0.6) is 0 Å². The fraction of sp³-hybridized carbons (Fsp3) is 0.700. The van der Waals surface area contributed by atoms with Crippen LogP contribution in [-0.4, -0.2) is 32.2 Å². The lowest BCUT2D eigenvalue weighted by Crippen LogP contribution is -2.39. The van der Waals surface area contributed by atoms with E-state index in [-0.39, 0.29) is 30.2 Å². The average molecular weight is 244 g/mol. The van der Waals surface area contributed by atoms with E-state index in [0.717, 1.165) is 18.2 Å². The zero-order valence-corrected chi connectivity index (χ0v) is 9.74. The summed E-state index contributed by atoms with van der Waals surface area (Å²) in [7, 11) is -3.10. The van der Waals surface area contributed by atoms with E-state index in [2.05, 4.69) is 5.32 Å². The second-order valence-corrected chi connectivity index (χ2v) is 6.47. The minimum Gasteiger partial charge on any atom is -0.349 e. The van der Waals surface area contributed by atoms with Crippen LogP contribution in [0.4, 0.5) is 0 Å². The molecule has 1 aliphatic carbocycles. The summed E-state index contributed by atoms with van der Waals surface area (Å²) in [5.74, 6) is 0.289. The first-order chi connectivity index (χ1) is 7.46. The monoisotopic (exact) mass is 244 g/mol. The van der Waals surface area contributed by atoms with Crippen LogP contribution in [0.1, 0.15) is 19.3 Å². The van der Waals surface area contributed by atoms with E-state index in [1.807, 2.05) is 0 Å². The van der Waals surface area contributed by atoms with Crippen LogP contribution in [0.25, 0.3) is 0 Å². The molecule has 0 spiro atoms. The van der Waals surface area contributed by atoms with Gasteiger partial charge in [0, 0.05) is 17.9 Å². The molecular formula is C10H16N2O3S. The number of carbonyl (C=O) groups excluding carboxylic acids is 1. The number of sulfone groups is 1. The number of rotatable bonds is 4. The molecule has 2 atom stereocenters. The first-order valence-electron chi connectivity index (χ1n) is 5.42. The molecule has 0 aromatic rings. The zero-order chi connectivity index (χ0) is 11.8. The molecule has 0 radical (unpaired) electrons. The fourth-order valence-electron chi connectivity index (χ4n) is 1.84. The number of nitrogens with two attached hydrogens (primary N) is 1. The summed E-state index contributed by atoms with van der Waals surface area (Å²) in [5, 5.41) is 3.81. The molecule has 2 rings (SSSR count). The third-order valence-corrected chi connectivity index (χ3v) is 4.32. The summed E-state index contributed by atoms with van der Waals surface area (Å²) < 4.78 is 22.2. The number of carbonyl (C=O) groups is 1. The highest BCUT2D eigenvalue weighted by Crippen LogP contribution is 2.32. The molecule has 2 unspecified atom stereocenters. The third kappa shape index (κ3) is 3.05. The summed E-state index contributed by atoms with van der Waals surface area (Å²) in [6.07, 6.45) is 4.00. The van der Waals surface area contributed by atoms with Gasteiger partial charge < -0.3 is 11.1 Å². The Balaban J connectivity index is 1.77. The van der Waals surface area contributed by atoms with Crippen molar-refractivity contribution >= 4 is 15.7 Å². The Bertz CT molecular complexity index is 412. The fourth-order valence-corrected chi connectivity index (χ4v) is 3.07. The van der Waals surface area contributed by atoms with Gasteiger partial charge in [-0.15, -0.1) is 0 Å². The van der Waals surface area contributed by atoms with Crippen LogP contribution < -0.4 is 11.1 Å². The molecule has 3 N–H and O–H groups in total. The quantitative estimate of drug-likeness (QED) is 0.700. The van der Waals surface area contributed by atoms with Crippen molar-refractivity contribution in [3.8, 4) is 0 Å². The normalized spacial score (nSPS) is 28.9. The van der Waals surface area contributed by atoms with Crippen molar-refractivity contribution in [1.29, 1.82) is 0 Å². The molecule has 0 aromatic carbocycles. The van der Waals surface area contributed by atoms with Crippen molar-refractivity contribution < 1.29 is 13.2 Å². The van der Waals surface area contributed by atoms with E-state index in [1.54, 1.807) is 0 Å². The minimum absolute atomic E-state index is 0.0304. The number of nitrogens with one attached hydrogen (secondary N) is 1. The van der Waals surface area contributed by atoms with Crippen molar-refractivity contribution in [2.75, 3.05) is 5.75 Å². The third-order valence-electron chi connectivity index (χ3n) is 2.93. The Morgan fingerprint density at radius 2 is 2.19 bits per heavy atom. The largest absolute Gasteiger partial charge is 0.349 e. The Morgan fingerprint density at radius 3 is 2.69 bits per heavy atom. The smallest absolute Gasteiger partial charge is 0.222 e. The predicted molar refractivity (Wildman–Crippen MR) is 60.2 cm³/mol. The number of hydrogen-bond donors (Lipinski definition) is 2. The summed E-state index contributed by atoms with van der Waals surface area (Å²) in [5.41, 5.74) is 5.81. The van der Waals surface area contributed by atoms with Gasteiger partial charge in [-0.1, -0.05) is 0 Å². The van der Waals surface area contributed by atoms with E-state index in [4.69, 9.17) is 5.73 Å². The second-order valence-electron chi connectivity index (χ2n) is 4.54. The van der Waals surface area contributed by atoms with E-state index < -0.39 is 9.84 Å². The van der Waals surface area contributed by atoms with Crippen molar-refractivity contribution in [3.63, 3.8) is 0 Å². The van der Waals surface area contributed by atoms with Gasteiger partial charge in [0.2, 0.25) is 5.91 Å². The number of amides is 1. The van der Waals surface area contributed by atoms with Crippen LogP contribution in [0.3, 0.4) is 0 Å². The van der Waals surface area contributed by atoms with Gasteiger partial charge >= 0.3 is 0 Å². The van der Waals surface area contributed by atoms with Gasteiger partial charge in [-0.2, -0.15) is 0 Å². The molecule has 0 saturated heterocycles. The lowest BCUT2D eigenvalue weighted by atomic mass is 10.1. The van der Waals surface area contributed by atoms with Gasteiger partial charge in [0.05, 0.1) is 11.8 Å². The highest BCUT2D eigenvalue weighted by molar-refractivity contribution is 7.94. The summed E-state index contributed by atoms with van der Waals surface area (Å²) in [6, 6.07) is -0.467. The molecule has 6 heteroatoms. The maximum Gasteiger partial charge on any atom is 0.222 e. The van der Waals surface area contributed by atoms with Crippen molar-refractivity contribution in [2.45, 2.75) is 31.3 Å². The highest BCUT2D eigenvalue weighted by atomic mass is 32.2. The first-order valence-corrected chi connectivity index (χ1v) is 7.14. The van der Waals surface area contributed by atoms with Crippen LogP contribution in [0.15, 0.2) is 11.5 Å². The second kappa shape index (κ2) is 4.18. The molecule has 1 saturated carbocycles. The zero-order valence-electron chi connectivity index (χ0n) is 8.93. The molecule has 1 fully saturated rings. The summed E-state index contributed by atoms with van der Waals surface area (Å²) in [4.78, 5) is 11.5. The minimum atomic E-state index is -3.10. The Hall–Kier alpha value is -0.880. The summed E-state index contributed by atoms with van der Waals surface area (Å²) >= 11 is 0. The molecule has 90 valence electrons. The maximum atomic E-state index is 11.5. The van der Waals surface area contributed by atoms with Crippen molar-refractivity contribution in [2.24, 2.45) is 11.7 Å². The molecule has 2 aliphatic rings. The van der Waals surface area contributed by atoms with Crippen LogP contribution in [-0.2, 0) is 14.6 Å². The molecular weight excluding hydrogens is 228 g/mol. The van der Waals surface area contributed by atoms with E-state index in [0.29, 0.717) is 5.92 Å². The highest BCUT2D eigenvalue weighted by Gasteiger charge is 2.30. The summed E-state index contributed by atoms with van der Waals surface area (Å²) in [6.45, 7) is 0. The van der Waals surface area contributed by atoms with E-state index >= 15 is 0 Å². The Kier molecular flexibility index (Phi) is 3.03. The average Bonchev–Trinajstić information content (AvgIpc) is 2.92. The number of hydrogen-bond acceptors (Lipinski definition) is 4. The van der Waals surface area contributed by atoms with Gasteiger partial charge in [-0.25, -0.2) is 8.42 Å². The van der Waals surface area contributed by atoms with Crippen molar-refractivity contribution in [1.82, 2.24) is 5.32 Å². The standard InChI is InChI=1S/C10H16N2O3S/c11-9(7-1-2-7)5-10(13)12-8-3-4-16(14,15)6-8/h3-4,7-9H,1-2,5-6,11H2,(H,12,13). The lowest BCUT2D eigenvalue weighted by Gasteiger charge is -2.13. The molecule has 0 aromatic heterocycles. The van der Waals surface area contributed by atoms with Gasteiger partial charge in [0.1, 0.15) is 0 Å². The van der Waals surface area contributed by atoms with E-state index in [9.17, 15) is 13.2 Å². The lowest BCUT2D eigenvalue weighted by molar-refractivity contribution is -0.121. The maximum absolute atomic E-state index is 11.5. The van der Waals surface area contributed by atoms with Gasteiger partial charge in [-0.05, 0) is 24.8 Å². The molecule has 1 aliphatic heterocycles. The molecule has 16 heavy (non-hydrogen) atoms. The van der Waals surface area contributed by atoms with Gasteiger partial charge in [0.15, 0.2) is 9.84 Å². The topological polar surface area (TPSA) is 89.3 Å². The van der Waals surface area contributed by atoms with Crippen molar-refractivity contribution in [3.05, 3.63) is 11.5 Å². The Morgan fingerprint density at radius 1 is 1.50 bits per heavy atom. The van der Waals surface area contributed by atoms with Gasteiger partial charge in [-0.3, -0.25) is 4.79 Å². The van der Waals surface area contributed by atoms with Crippen LogP contribution in [0, 0.1) is 5.92 Å². The molecule has 5 nitrogen and oxygen atoms in total. The van der Waals surface area contributed by atoms with Crippen LogP contribution >= 0.6 is 0 Å². The molecule has 1 amide bonds.